The summed E-state index contributed by atoms with van der Waals surface area (Å²) in [5.74, 6) is -0.473. The summed E-state index contributed by atoms with van der Waals surface area (Å²) in [5.41, 5.74) is -0.208. The van der Waals surface area contributed by atoms with Gasteiger partial charge in [0.2, 0.25) is 0 Å². The highest BCUT2D eigenvalue weighted by Crippen LogP contribution is 2.28. The van der Waals surface area contributed by atoms with Gasteiger partial charge in [0.25, 0.3) is 5.91 Å². The van der Waals surface area contributed by atoms with Crippen LogP contribution in [-0.2, 0) is 4.79 Å². The molecule has 0 aromatic heterocycles. The van der Waals surface area contributed by atoms with Crippen molar-refractivity contribution in [1.82, 2.24) is 5.32 Å². The van der Waals surface area contributed by atoms with E-state index < -0.39 is 16.9 Å². The van der Waals surface area contributed by atoms with E-state index in [1.807, 2.05) is 0 Å². The predicted molar refractivity (Wildman–Crippen MR) is 71.1 cm³/mol. The van der Waals surface area contributed by atoms with Crippen molar-refractivity contribution in [3.05, 3.63) is 46.5 Å². The van der Waals surface area contributed by atoms with Crippen LogP contribution < -0.4 is 10.1 Å². The van der Waals surface area contributed by atoms with Crippen LogP contribution in [0, 0.1) is 21.4 Å². The molecule has 1 unspecified atom stereocenters. The molecule has 1 N–H and O–H groups in total. The van der Waals surface area contributed by atoms with Crippen molar-refractivity contribution in [2.45, 2.75) is 13.0 Å². The van der Waals surface area contributed by atoms with Crippen LogP contribution in [0.3, 0.4) is 0 Å². The van der Waals surface area contributed by atoms with Crippen LogP contribution in [0.4, 0.5) is 5.69 Å². The third kappa shape index (κ3) is 3.81. The van der Waals surface area contributed by atoms with Crippen LogP contribution in [-0.4, -0.2) is 23.5 Å². The number of amides is 1. The number of carbonyl (C=O) groups excluding carboxylic acids is 1. The van der Waals surface area contributed by atoms with E-state index >= 15 is 0 Å². The van der Waals surface area contributed by atoms with E-state index in [1.54, 1.807) is 6.07 Å². The molecule has 0 fully saturated rings. The number of carbonyl (C=O) groups is 1. The number of rotatable bonds is 6. The zero-order valence-corrected chi connectivity index (χ0v) is 10.8. The first-order valence-electron chi connectivity index (χ1n) is 5.73. The molecule has 20 heavy (non-hydrogen) atoms. The van der Waals surface area contributed by atoms with E-state index in [1.165, 1.54) is 25.1 Å². The summed E-state index contributed by atoms with van der Waals surface area (Å²) in [6.45, 7) is 5.21. The van der Waals surface area contributed by atoms with Gasteiger partial charge in [-0.05, 0) is 19.1 Å². The lowest BCUT2D eigenvalue weighted by Gasteiger charge is -2.14. The molecule has 0 aliphatic rings. The highest BCUT2D eigenvalue weighted by molar-refractivity contribution is 5.81. The normalized spacial score (nSPS) is 11.0. The molecule has 0 aliphatic carbocycles. The molecule has 1 amide bonds. The van der Waals surface area contributed by atoms with Gasteiger partial charge in [-0.1, -0.05) is 6.08 Å². The Labute approximate surface area is 115 Å². The standard InChI is InChI=1S/C13H13N3O4/c1-3-6-15-13(17)9(2)20-12-5-4-10(8-14)7-11(12)16(18)19/h3-5,7,9H,1,6H2,2H3,(H,15,17). The number of hydrogen-bond donors (Lipinski definition) is 1. The molecule has 0 saturated heterocycles. The topological polar surface area (TPSA) is 105 Å². The van der Waals surface area contributed by atoms with Crippen molar-refractivity contribution >= 4 is 11.6 Å². The maximum atomic E-state index is 11.6. The second-order valence-electron chi connectivity index (χ2n) is 3.85. The Morgan fingerprint density at radius 2 is 2.40 bits per heavy atom. The lowest BCUT2D eigenvalue weighted by Crippen LogP contribution is -2.36. The van der Waals surface area contributed by atoms with Crippen molar-refractivity contribution in [3.63, 3.8) is 0 Å². The molecule has 0 heterocycles. The van der Waals surface area contributed by atoms with E-state index in [2.05, 4.69) is 11.9 Å². The molecule has 7 nitrogen and oxygen atoms in total. The summed E-state index contributed by atoms with van der Waals surface area (Å²) in [5, 5.41) is 22.2. The number of benzene rings is 1. The zero-order valence-electron chi connectivity index (χ0n) is 10.8. The summed E-state index contributed by atoms with van der Waals surface area (Å²) < 4.78 is 5.27. The number of nitrogens with one attached hydrogen (secondary N) is 1. The van der Waals surface area contributed by atoms with Gasteiger partial charge >= 0.3 is 5.69 Å². The second-order valence-corrected chi connectivity index (χ2v) is 3.85. The molecule has 1 aromatic rings. The van der Waals surface area contributed by atoms with Gasteiger partial charge in [-0.25, -0.2) is 0 Å². The number of nitro groups is 1. The third-order valence-corrected chi connectivity index (χ3v) is 2.38. The van der Waals surface area contributed by atoms with Crippen molar-refractivity contribution in [3.8, 4) is 11.8 Å². The van der Waals surface area contributed by atoms with Crippen molar-refractivity contribution < 1.29 is 14.5 Å². The average molecular weight is 275 g/mol. The van der Waals surface area contributed by atoms with Gasteiger partial charge in [-0.15, -0.1) is 6.58 Å². The number of hydrogen-bond acceptors (Lipinski definition) is 5. The minimum atomic E-state index is -0.901. The van der Waals surface area contributed by atoms with Crippen molar-refractivity contribution in [2.75, 3.05) is 6.54 Å². The Balaban J connectivity index is 2.92. The molecular weight excluding hydrogens is 262 g/mol. The Bertz CT molecular complexity index is 577. The maximum absolute atomic E-state index is 11.6. The van der Waals surface area contributed by atoms with Crippen LogP contribution in [0.25, 0.3) is 0 Å². The molecule has 0 aliphatic heterocycles. The lowest BCUT2D eigenvalue weighted by atomic mass is 10.2. The van der Waals surface area contributed by atoms with Gasteiger partial charge in [0.05, 0.1) is 16.6 Å². The fraction of sp³-hybridized carbons (Fsp3) is 0.231. The molecule has 0 spiro atoms. The summed E-state index contributed by atoms with van der Waals surface area (Å²) in [6.07, 6.45) is 0.607. The first-order valence-corrected chi connectivity index (χ1v) is 5.73. The van der Waals surface area contributed by atoms with Crippen LogP contribution >= 0.6 is 0 Å². The van der Waals surface area contributed by atoms with Crippen LogP contribution in [0.15, 0.2) is 30.9 Å². The minimum absolute atomic E-state index is 0.0600. The fourth-order valence-corrected chi connectivity index (χ4v) is 1.39. The third-order valence-electron chi connectivity index (χ3n) is 2.38. The molecule has 0 radical (unpaired) electrons. The monoisotopic (exact) mass is 275 g/mol. The van der Waals surface area contributed by atoms with Gasteiger partial charge in [-0.2, -0.15) is 5.26 Å². The molecule has 1 rings (SSSR count). The molecular formula is C13H13N3O4. The second kappa shape index (κ2) is 6.89. The lowest BCUT2D eigenvalue weighted by molar-refractivity contribution is -0.386. The minimum Gasteiger partial charge on any atom is -0.474 e. The van der Waals surface area contributed by atoms with Crippen LogP contribution in [0.2, 0.25) is 0 Å². The Morgan fingerprint density at radius 3 is 2.95 bits per heavy atom. The molecule has 7 heteroatoms. The van der Waals surface area contributed by atoms with E-state index in [0.717, 1.165) is 6.07 Å². The Hall–Kier alpha value is -2.88. The highest BCUT2D eigenvalue weighted by Gasteiger charge is 2.21. The maximum Gasteiger partial charge on any atom is 0.312 e. The predicted octanol–water partition coefficient (Wildman–Crippen LogP) is 1.54. The van der Waals surface area contributed by atoms with E-state index in [9.17, 15) is 14.9 Å². The summed E-state index contributed by atoms with van der Waals surface area (Å²) in [4.78, 5) is 21.9. The summed E-state index contributed by atoms with van der Waals surface area (Å²) in [6, 6.07) is 5.59. The molecule has 1 atom stereocenters. The summed E-state index contributed by atoms with van der Waals surface area (Å²) in [7, 11) is 0. The first kappa shape index (κ1) is 15.2. The Morgan fingerprint density at radius 1 is 1.70 bits per heavy atom. The van der Waals surface area contributed by atoms with Crippen LogP contribution in [0.5, 0.6) is 5.75 Å². The number of nitriles is 1. The number of ether oxygens (including phenoxy) is 1. The van der Waals surface area contributed by atoms with Gasteiger partial charge in [0, 0.05) is 12.6 Å². The van der Waals surface area contributed by atoms with Crippen molar-refractivity contribution in [2.24, 2.45) is 0 Å². The summed E-state index contributed by atoms with van der Waals surface area (Å²) >= 11 is 0. The van der Waals surface area contributed by atoms with Gasteiger partial charge in [0.1, 0.15) is 0 Å². The SMILES string of the molecule is C=CCNC(=O)C(C)Oc1ccc(C#N)cc1[N+](=O)[O-]. The molecule has 1 aromatic carbocycles. The molecule has 0 saturated carbocycles. The average Bonchev–Trinajstić information content (AvgIpc) is 2.44. The van der Waals surface area contributed by atoms with E-state index in [-0.39, 0.29) is 23.5 Å². The van der Waals surface area contributed by atoms with Gasteiger partial charge in [0.15, 0.2) is 11.9 Å². The molecule has 0 bridgehead atoms. The number of nitro benzene ring substituents is 1. The van der Waals surface area contributed by atoms with Crippen LogP contribution in [0.1, 0.15) is 12.5 Å². The van der Waals surface area contributed by atoms with Gasteiger partial charge < -0.3 is 10.1 Å². The fourth-order valence-electron chi connectivity index (χ4n) is 1.39. The van der Waals surface area contributed by atoms with E-state index in [0.29, 0.717) is 0 Å². The Kier molecular flexibility index (Phi) is 5.23. The van der Waals surface area contributed by atoms with E-state index in [4.69, 9.17) is 10.00 Å². The largest absolute Gasteiger partial charge is 0.474 e. The van der Waals surface area contributed by atoms with Gasteiger partial charge in [-0.3, -0.25) is 14.9 Å². The zero-order chi connectivity index (χ0) is 15.1. The quantitative estimate of drug-likeness (QED) is 0.481. The highest BCUT2D eigenvalue weighted by atomic mass is 16.6. The molecule has 104 valence electrons. The first-order chi connectivity index (χ1) is 9.49. The van der Waals surface area contributed by atoms with Crippen molar-refractivity contribution in [1.29, 1.82) is 5.26 Å². The number of nitrogens with zero attached hydrogens (tertiary/aromatic N) is 2. The smallest absolute Gasteiger partial charge is 0.312 e.